The van der Waals surface area contributed by atoms with E-state index in [1.807, 2.05) is 49.4 Å². The Balaban J connectivity index is 1.83. The van der Waals surface area contributed by atoms with Gasteiger partial charge < -0.3 is 5.32 Å². The number of halogens is 1. The molecule has 2 aromatic carbocycles. The summed E-state index contributed by atoms with van der Waals surface area (Å²) in [6.45, 7) is 1.90. The molecule has 3 rings (SSSR count). The topological polar surface area (TPSA) is 64.0 Å². The fraction of sp³-hybridized carbons (Fsp3) is 0.105. The number of hydrogen-bond donors (Lipinski definition) is 1. The van der Waals surface area contributed by atoms with Crippen LogP contribution in [0.2, 0.25) is 0 Å². The highest BCUT2D eigenvalue weighted by Crippen LogP contribution is 2.16. The maximum atomic E-state index is 12.5. The fourth-order valence-electron chi connectivity index (χ4n) is 2.39. The van der Waals surface area contributed by atoms with Crippen LogP contribution < -0.4 is 10.9 Å². The molecule has 3 aromatic rings. The SMILES string of the molecule is C[C@@H](NC(=O)c1ccc(=O)n(-c2ccccc2)n1)c1ccc(Br)cc1. The van der Waals surface area contributed by atoms with Gasteiger partial charge in [0.1, 0.15) is 5.69 Å². The zero-order chi connectivity index (χ0) is 17.8. The Morgan fingerprint density at radius 1 is 1.04 bits per heavy atom. The van der Waals surface area contributed by atoms with E-state index in [-0.39, 0.29) is 23.2 Å². The van der Waals surface area contributed by atoms with Crippen LogP contribution in [-0.4, -0.2) is 15.7 Å². The van der Waals surface area contributed by atoms with Crippen molar-refractivity contribution >= 4 is 21.8 Å². The second kappa shape index (κ2) is 7.44. The number of nitrogens with zero attached hydrogens (tertiary/aromatic N) is 2. The summed E-state index contributed by atoms with van der Waals surface area (Å²) in [5, 5.41) is 7.09. The lowest BCUT2D eigenvalue weighted by Gasteiger charge is -2.14. The maximum absolute atomic E-state index is 12.5. The summed E-state index contributed by atoms with van der Waals surface area (Å²) >= 11 is 3.39. The predicted molar refractivity (Wildman–Crippen MR) is 99.9 cm³/mol. The Kier molecular flexibility index (Phi) is 5.09. The van der Waals surface area contributed by atoms with Crippen molar-refractivity contribution in [3.05, 3.63) is 92.8 Å². The standard InChI is InChI=1S/C19H16BrN3O2/c1-13(14-7-9-15(20)10-8-14)21-19(25)17-11-12-18(24)23(22-17)16-5-3-2-4-6-16/h2-13H,1H3,(H,21,25)/t13-/m1/s1. The molecule has 0 bridgehead atoms. The Hall–Kier alpha value is -2.73. The number of benzene rings is 2. The molecule has 0 aliphatic carbocycles. The van der Waals surface area contributed by atoms with Crippen LogP contribution in [0.1, 0.15) is 29.0 Å². The van der Waals surface area contributed by atoms with Gasteiger partial charge in [0.2, 0.25) is 0 Å². The molecule has 5 nitrogen and oxygen atoms in total. The molecule has 0 unspecified atom stereocenters. The van der Waals surface area contributed by atoms with Crippen LogP contribution in [0.3, 0.4) is 0 Å². The summed E-state index contributed by atoms with van der Waals surface area (Å²) < 4.78 is 2.20. The fourth-order valence-corrected chi connectivity index (χ4v) is 2.66. The van der Waals surface area contributed by atoms with Crippen LogP contribution >= 0.6 is 15.9 Å². The van der Waals surface area contributed by atoms with Gasteiger partial charge in [-0.05, 0) is 42.8 Å². The van der Waals surface area contributed by atoms with Gasteiger partial charge in [0.15, 0.2) is 0 Å². The van der Waals surface area contributed by atoms with Gasteiger partial charge in [-0.25, -0.2) is 0 Å². The van der Waals surface area contributed by atoms with Gasteiger partial charge >= 0.3 is 0 Å². The first-order valence-electron chi connectivity index (χ1n) is 7.77. The Labute approximate surface area is 153 Å². The zero-order valence-electron chi connectivity index (χ0n) is 13.5. The van der Waals surface area contributed by atoms with Gasteiger partial charge in [-0.2, -0.15) is 9.78 Å². The summed E-state index contributed by atoms with van der Waals surface area (Å²) in [5.41, 5.74) is 1.49. The Morgan fingerprint density at radius 2 is 1.72 bits per heavy atom. The van der Waals surface area contributed by atoms with E-state index in [2.05, 4.69) is 26.3 Å². The first-order valence-corrected chi connectivity index (χ1v) is 8.56. The van der Waals surface area contributed by atoms with Crippen molar-refractivity contribution in [1.82, 2.24) is 15.1 Å². The summed E-state index contributed by atoms with van der Waals surface area (Å²) in [6.07, 6.45) is 0. The Bertz CT molecular complexity index is 937. The lowest BCUT2D eigenvalue weighted by molar-refractivity contribution is 0.0933. The van der Waals surface area contributed by atoms with E-state index in [0.29, 0.717) is 5.69 Å². The van der Waals surface area contributed by atoms with E-state index in [1.165, 1.54) is 16.8 Å². The first-order chi connectivity index (χ1) is 12.0. The van der Waals surface area contributed by atoms with E-state index in [1.54, 1.807) is 12.1 Å². The number of hydrogen-bond acceptors (Lipinski definition) is 3. The normalized spacial score (nSPS) is 11.8. The quantitative estimate of drug-likeness (QED) is 0.732. The summed E-state index contributed by atoms with van der Waals surface area (Å²) in [7, 11) is 0. The minimum absolute atomic E-state index is 0.181. The molecule has 1 N–H and O–H groups in total. The van der Waals surface area contributed by atoms with E-state index in [0.717, 1.165) is 10.0 Å². The summed E-state index contributed by atoms with van der Waals surface area (Å²) in [5.74, 6) is -0.333. The van der Waals surface area contributed by atoms with Gasteiger partial charge in [0, 0.05) is 10.5 Å². The lowest BCUT2D eigenvalue weighted by Crippen LogP contribution is -2.30. The minimum atomic E-state index is -0.333. The second-order valence-electron chi connectivity index (χ2n) is 5.55. The van der Waals surface area contributed by atoms with Gasteiger partial charge in [-0.1, -0.05) is 46.3 Å². The average Bonchev–Trinajstić information content (AvgIpc) is 2.63. The molecule has 0 aliphatic rings. The molecule has 126 valence electrons. The van der Waals surface area contributed by atoms with E-state index in [9.17, 15) is 9.59 Å². The molecule has 0 spiro atoms. The number of carbonyl (C=O) groups is 1. The van der Waals surface area contributed by atoms with Crippen molar-refractivity contribution in [3.8, 4) is 5.69 Å². The highest BCUT2D eigenvalue weighted by atomic mass is 79.9. The van der Waals surface area contributed by atoms with E-state index < -0.39 is 0 Å². The molecule has 1 amide bonds. The third kappa shape index (κ3) is 4.03. The molecule has 1 heterocycles. The van der Waals surface area contributed by atoms with Gasteiger partial charge in [-0.15, -0.1) is 0 Å². The molecule has 0 saturated carbocycles. The molecule has 0 aliphatic heterocycles. The first kappa shape index (κ1) is 17.1. The minimum Gasteiger partial charge on any atom is -0.344 e. The van der Waals surface area contributed by atoms with Crippen molar-refractivity contribution in [2.75, 3.05) is 0 Å². The van der Waals surface area contributed by atoms with Crippen LogP contribution in [0.4, 0.5) is 0 Å². The van der Waals surface area contributed by atoms with E-state index in [4.69, 9.17) is 0 Å². The molecule has 6 heteroatoms. The predicted octanol–water partition coefficient (Wildman–Crippen LogP) is 3.49. The van der Waals surface area contributed by atoms with Crippen molar-refractivity contribution < 1.29 is 4.79 Å². The molecule has 1 atom stereocenters. The zero-order valence-corrected chi connectivity index (χ0v) is 15.1. The van der Waals surface area contributed by atoms with Crippen LogP contribution in [-0.2, 0) is 0 Å². The van der Waals surface area contributed by atoms with Crippen molar-refractivity contribution in [2.45, 2.75) is 13.0 Å². The Morgan fingerprint density at radius 3 is 2.40 bits per heavy atom. The van der Waals surface area contributed by atoms with Gasteiger partial charge in [-0.3, -0.25) is 9.59 Å². The van der Waals surface area contributed by atoms with Gasteiger partial charge in [0.25, 0.3) is 11.5 Å². The average molecular weight is 398 g/mol. The van der Waals surface area contributed by atoms with Crippen molar-refractivity contribution in [1.29, 1.82) is 0 Å². The number of nitrogens with one attached hydrogen (secondary N) is 1. The van der Waals surface area contributed by atoms with Crippen molar-refractivity contribution in [3.63, 3.8) is 0 Å². The molecule has 0 fully saturated rings. The number of amides is 1. The molecular weight excluding hydrogens is 382 g/mol. The number of carbonyl (C=O) groups excluding carboxylic acids is 1. The number of rotatable bonds is 4. The van der Waals surface area contributed by atoms with Crippen LogP contribution in [0.5, 0.6) is 0 Å². The molecule has 0 saturated heterocycles. The summed E-state index contributed by atoms with van der Waals surface area (Å²) in [6, 6.07) is 19.3. The maximum Gasteiger partial charge on any atom is 0.272 e. The molecule has 25 heavy (non-hydrogen) atoms. The van der Waals surface area contributed by atoms with Crippen LogP contribution in [0.25, 0.3) is 5.69 Å². The van der Waals surface area contributed by atoms with Gasteiger partial charge in [0.05, 0.1) is 11.7 Å². The van der Waals surface area contributed by atoms with E-state index >= 15 is 0 Å². The summed E-state index contributed by atoms with van der Waals surface area (Å²) in [4.78, 5) is 24.5. The lowest BCUT2D eigenvalue weighted by atomic mass is 10.1. The van der Waals surface area contributed by atoms with Crippen molar-refractivity contribution in [2.24, 2.45) is 0 Å². The molecular formula is C19H16BrN3O2. The second-order valence-corrected chi connectivity index (χ2v) is 6.47. The third-order valence-electron chi connectivity index (χ3n) is 3.75. The smallest absolute Gasteiger partial charge is 0.272 e. The largest absolute Gasteiger partial charge is 0.344 e. The third-order valence-corrected chi connectivity index (χ3v) is 4.28. The number of aromatic nitrogens is 2. The highest BCUT2D eigenvalue weighted by Gasteiger charge is 2.14. The van der Waals surface area contributed by atoms with Crippen LogP contribution in [0.15, 0.2) is 76.0 Å². The highest BCUT2D eigenvalue weighted by molar-refractivity contribution is 9.10. The molecule has 1 aromatic heterocycles. The number of para-hydroxylation sites is 1. The monoisotopic (exact) mass is 397 g/mol. The molecule has 0 radical (unpaired) electrons. The van der Waals surface area contributed by atoms with Crippen LogP contribution in [0, 0.1) is 0 Å².